The first-order valence-electron chi connectivity index (χ1n) is 9.38. The van der Waals surface area contributed by atoms with Crippen molar-refractivity contribution in [2.45, 2.75) is 18.7 Å². The summed E-state index contributed by atoms with van der Waals surface area (Å²) in [4.78, 5) is 23.2. The molecule has 0 saturated carbocycles. The molecule has 0 aliphatic heterocycles. The van der Waals surface area contributed by atoms with Crippen molar-refractivity contribution in [2.24, 2.45) is 0 Å². The SMILES string of the molecule is Cc1ccc(N(CC(=O)Nc2cccc([N+](=O)[O-])c2)S(=O)(=O)c2ccccc2)cc1C. The molecule has 9 heteroatoms. The Morgan fingerprint density at radius 1 is 0.968 bits per heavy atom. The third-order valence-corrected chi connectivity index (χ3v) is 6.53. The van der Waals surface area contributed by atoms with Gasteiger partial charge in [0, 0.05) is 17.8 Å². The van der Waals surface area contributed by atoms with Gasteiger partial charge >= 0.3 is 0 Å². The Labute approximate surface area is 180 Å². The highest BCUT2D eigenvalue weighted by atomic mass is 32.2. The average Bonchev–Trinajstić information content (AvgIpc) is 2.75. The summed E-state index contributed by atoms with van der Waals surface area (Å²) in [5, 5.41) is 13.5. The summed E-state index contributed by atoms with van der Waals surface area (Å²) in [6.45, 7) is 3.27. The van der Waals surface area contributed by atoms with Crippen molar-refractivity contribution in [1.29, 1.82) is 0 Å². The Kier molecular flexibility index (Phi) is 6.36. The third-order valence-electron chi connectivity index (χ3n) is 4.74. The van der Waals surface area contributed by atoms with Gasteiger partial charge in [-0.05, 0) is 55.3 Å². The monoisotopic (exact) mass is 439 g/mol. The molecule has 0 atom stereocenters. The molecule has 1 amide bonds. The molecule has 0 aliphatic rings. The van der Waals surface area contributed by atoms with Crippen LogP contribution in [-0.2, 0) is 14.8 Å². The largest absolute Gasteiger partial charge is 0.324 e. The number of aryl methyl sites for hydroxylation is 2. The van der Waals surface area contributed by atoms with E-state index in [1.807, 2.05) is 13.8 Å². The second-order valence-corrected chi connectivity index (χ2v) is 8.81. The molecule has 0 aromatic heterocycles. The van der Waals surface area contributed by atoms with Crippen LogP contribution in [0.2, 0.25) is 0 Å². The van der Waals surface area contributed by atoms with Crippen LogP contribution in [0.25, 0.3) is 0 Å². The van der Waals surface area contributed by atoms with E-state index in [9.17, 15) is 23.3 Å². The Hall–Kier alpha value is -3.72. The number of sulfonamides is 1. The van der Waals surface area contributed by atoms with Gasteiger partial charge in [0.2, 0.25) is 5.91 Å². The minimum Gasteiger partial charge on any atom is -0.324 e. The number of nitro groups is 1. The number of nitrogens with zero attached hydrogens (tertiary/aromatic N) is 2. The molecular weight excluding hydrogens is 418 g/mol. The lowest BCUT2D eigenvalue weighted by molar-refractivity contribution is -0.384. The lowest BCUT2D eigenvalue weighted by Gasteiger charge is -2.24. The minimum absolute atomic E-state index is 0.0522. The van der Waals surface area contributed by atoms with Crippen LogP contribution in [0.5, 0.6) is 0 Å². The maximum Gasteiger partial charge on any atom is 0.271 e. The normalized spacial score (nSPS) is 11.0. The molecule has 3 aromatic carbocycles. The van der Waals surface area contributed by atoms with Gasteiger partial charge in [0.05, 0.1) is 15.5 Å². The fourth-order valence-electron chi connectivity index (χ4n) is 2.94. The first-order valence-corrected chi connectivity index (χ1v) is 10.8. The highest BCUT2D eigenvalue weighted by Gasteiger charge is 2.27. The third kappa shape index (κ3) is 5.07. The summed E-state index contributed by atoms with van der Waals surface area (Å²) in [6, 6.07) is 18.4. The summed E-state index contributed by atoms with van der Waals surface area (Å²) >= 11 is 0. The first kappa shape index (κ1) is 22.0. The Bertz CT molecular complexity index is 1230. The number of anilines is 2. The van der Waals surface area contributed by atoms with Gasteiger partial charge in [0.1, 0.15) is 6.54 Å². The molecule has 0 unspecified atom stereocenters. The standard InChI is InChI=1S/C22H21N3O5S/c1-16-11-12-19(13-17(16)2)24(31(29,30)21-9-4-3-5-10-21)15-22(26)23-18-7-6-8-20(14-18)25(27)28/h3-14H,15H2,1-2H3,(H,23,26). The number of hydrogen-bond acceptors (Lipinski definition) is 5. The molecule has 0 bridgehead atoms. The van der Waals surface area contributed by atoms with Crippen LogP contribution in [0, 0.1) is 24.0 Å². The van der Waals surface area contributed by atoms with E-state index >= 15 is 0 Å². The van der Waals surface area contributed by atoms with Crippen LogP contribution >= 0.6 is 0 Å². The van der Waals surface area contributed by atoms with Crippen molar-refractivity contribution in [1.82, 2.24) is 0 Å². The predicted molar refractivity (Wildman–Crippen MR) is 119 cm³/mol. The minimum atomic E-state index is -4.03. The van der Waals surface area contributed by atoms with Crippen LogP contribution in [-0.4, -0.2) is 25.8 Å². The lowest BCUT2D eigenvalue weighted by atomic mass is 10.1. The number of rotatable bonds is 7. The zero-order valence-corrected chi connectivity index (χ0v) is 17.8. The summed E-state index contributed by atoms with van der Waals surface area (Å²) in [6.07, 6.45) is 0. The maximum atomic E-state index is 13.3. The fourth-order valence-corrected chi connectivity index (χ4v) is 4.38. The van der Waals surface area contributed by atoms with Gasteiger partial charge in [-0.3, -0.25) is 19.2 Å². The molecule has 3 aromatic rings. The van der Waals surface area contributed by atoms with E-state index in [1.165, 1.54) is 36.4 Å². The van der Waals surface area contributed by atoms with Gasteiger partial charge in [-0.2, -0.15) is 0 Å². The number of nitro benzene ring substituents is 1. The van der Waals surface area contributed by atoms with Gasteiger partial charge in [0.25, 0.3) is 15.7 Å². The maximum absolute atomic E-state index is 13.3. The summed E-state index contributed by atoms with van der Waals surface area (Å²) < 4.78 is 27.7. The van der Waals surface area contributed by atoms with Gasteiger partial charge in [-0.25, -0.2) is 8.42 Å². The van der Waals surface area contributed by atoms with E-state index in [2.05, 4.69) is 5.32 Å². The van der Waals surface area contributed by atoms with Gasteiger partial charge in [-0.15, -0.1) is 0 Å². The molecule has 0 radical (unpaired) electrons. The van der Waals surface area contributed by atoms with Crippen molar-refractivity contribution >= 4 is 33.0 Å². The van der Waals surface area contributed by atoms with Gasteiger partial charge < -0.3 is 5.32 Å². The van der Waals surface area contributed by atoms with Crippen molar-refractivity contribution in [3.05, 3.63) is 94.0 Å². The molecule has 0 fully saturated rings. The Balaban J connectivity index is 1.95. The number of hydrogen-bond donors (Lipinski definition) is 1. The molecule has 0 saturated heterocycles. The van der Waals surface area contributed by atoms with Crippen molar-refractivity contribution in [3.8, 4) is 0 Å². The van der Waals surface area contributed by atoms with Crippen LogP contribution in [0.15, 0.2) is 77.7 Å². The second kappa shape index (κ2) is 8.97. The first-order chi connectivity index (χ1) is 14.7. The lowest BCUT2D eigenvalue weighted by Crippen LogP contribution is -2.38. The zero-order chi connectivity index (χ0) is 22.6. The molecule has 31 heavy (non-hydrogen) atoms. The van der Waals surface area contributed by atoms with Crippen molar-refractivity contribution < 1.29 is 18.1 Å². The molecule has 3 rings (SSSR count). The molecule has 160 valence electrons. The van der Waals surface area contributed by atoms with Gasteiger partial charge in [-0.1, -0.05) is 30.3 Å². The molecule has 1 N–H and O–H groups in total. The molecule has 8 nitrogen and oxygen atoms in total. The van der Waals surface area contributed by atoms with E-state index in [0.29, 0.717) is 5.69 Å². The smallest absolute Gasteiger partial charge is 0.271 e. The topological polar surface area (TPSA) is 110 Å². The van der Waals surface area contributed by atoms with E-state index in [1.54, 1.807) is 36.4 Å². The van der Waals surface area contributed by atoms with E-state index in [4.69, 9.17) is 0 Å². The molecule has 0 spiro atoms. The van der Waals surface area contributed by atoms with Crippen LogP contribution in [0.3, 0.4) is 0 Å². The van der Waals surface area contributed by atoms with E-state index in [0.717, 1.165) is 15.4 Å². The fraction of sp³-hybridized carbons (Fsp3) is 0.136. The number of non-ortho nitro benzene ring substituents is 1. The summed E-state index contributed by atoms with van der Waals surface area (Å²) in [7, 11) is -4.03. The summed E-state index contributed by atoms with van der Waals surface area (Å²) in [5.41, 5.74) is 2.24. The average molecular weight is 439 g/mol. The number of carbonyl (C=O) groups is 1. The predicted octanol–water partition coefficient (Wildman–Crippen LogP) is 4.05. The van der Waals surface area contributed by atoms with E-state index < -0.39 is 27.4 Å². The number of amides is 1. The zero-order valence-electron chi connectivity index (χ0n) is 17.0. The quantitative estimate of drug-likeness (QED) is 0.441. The molecule has 0 aliphatic carbocycles. The number of carbonyl (C=O) groups excluding carboxylic acids is 1. The van der Waals surface area contributed by atoms with Crippen LogP contribution < -0.4 is 9.62 Å². The molecule has 0 heterocycles. The van der Waals surface area contributed by atoms with Crippen molar-refractivity contribution in [3.63, 3.8) is 0 Å². The number of benzene rings is 3. The summed E-state index contributed by atoms with van der Waals surface area (Å²) in [5.74, 6) is -0.627. The Morgan fingerprint density at radius 3 is 2.32 bits per heavy atom. The van der Waals surface area contributed by atoms with Crippen LogP contribution in [0.1, 0.15) is 11.1 Å². The van der Waals surface area contributed by atoms with Gasteiger partial charge in [0.15, 0.2) is 0 Å². The highest BCUT2D eigenvalue weighted by Crippen LogP contribution is 2.26. The highest BCUT2D eigenvalue weighted by molar-refractivity contribution is 7.92. The second-order valence-electron chi connectivity index (χ2n) is 6.95. The van der Waals surface area contributed by atoms with E-state index in [-0.39, 0.29) is 16.3 Å². The molecular formula is C22H21N3O5S. The van der Waals surface area contributed by atoms with Crippen LogP contribution in [0.4, 0.5) is 17.1 Å². The number of nitrogens with one attached hydrogen (secondary N) is 1. The van der Waals surface area contributed by atoms with Crippen molar-refractivity contribution in [2.75, 3.05) is 16.2 Å². The Morgan fingerprint density at radius 2 is 1.68 bits per heavy atom.